The number of piperidine rings is 2. The molecule has 5 nitrogen and oxygen atoms in total. The topological polar surface area (TPSA) is 44.8 Å². The lowest BCUT2D eigenvalue weighted by molar-refractivity contribution is -0.126. The number of carbonyl (C=O) groups excluding carboxylic acids is 1. The summed E-state index contributed by atoms with van der Waals surface area (Å²) < 4.78 is 29.0. The maximum Gasteiger partial charge on any atom is 0.387 e. The van der Waals surface area contributed by atoms with Crippen LogP contribution in [-0.2, 0) is 4.79 Å². The van der Waals surface area contributed by atoms with Crippen molar-refractivity contribution in [3.8, 4) is 5.75 Å². The van der Waals surface area contributed by atoms with Gasteiger partial charge in [-0.3, -0.25) is 9.69 Å². The Morgan fingerprint density at radius 3 is 2.43 bits per heavy atom. The predicted octanol–water partition coefficient (Wildman–Crippen LogP) is 3.53. The molecule has 2 saturated heterocycles. The van der Waals surface area contributed by atoms with E-state index in [0.29, 0.717) is 6.54 Å². The van der Waals surface area contributed by atoms with Crippen molar-refractivity contribution in [2.45, 2.75) is 44.8 Å². The Morgan fingerprint density at radius 2 is 1.82 bits per heavy atom. The molecule has 158 valence electrons. The molecular weight excluding hydrogens is 388 g/mol. The number of alkyl halides is 2. The zero-order valence-corrected chi connectivity index (χ0v) is 17.1. The van der Waals surface area contributed by atoms with Crippen LogP contribution >= 0.6 is 12.4 Å². The minimum absolute atomic E-state index is 0. The standard InChI is InChI=1S/C20H29F2N3O2.ClH/c1-23-11-8-15-9-13-24(14-10-15)18-3-2-12-25(19(18)26)16-4-6-17(7-5-16)27-20(21)22;/h4-7,15,18,20,23H,2-3,8-14H2,1H3;1H. The molecule has 1 unspecified atom stereocenters. The largest absolute Gasteiger partial charge is 0.435 e. The van der Waals surface area contributed by atoms with Gasteiger partial charge in [0.2, 0.25) is 5.91 Å². The fourth-order valence-electron chi connectivity index (χ4n) is 4.16. The summed E-state index contributed by atoms with van der Waals surface area (Å²) in [6, 6.07) is 6.28. The van der Waals surface area contributed by atoms with Gasteiger partial charge in [-0.2, -0.15) is 8.78 Å². The first-order valence-electron chi connectivity index (χ1n) is 9.83. The molecule has 0 bridgehead atoms. The maximum absolute atomic E-state index is 13.1. The summed E-state index contributed by atoms with van der Waals surface area (Å²) in [4.78, 5) is 17.2. The number of halogens is 3. The van der Waals surface area contributed by atoms with E-state index < -0.39 is 6.61 Å². The van der Waals surface area contributed by atoms with E-state index in [1.165, 1.54) is 18.6 Å². The van der Waals surface area contributed by atoms with E-state index in [0.717, 1.165) is 56.9 Å². The first-order valence-corrected chi connectivity index (χ1v) is 9.83. The molecular formula is C20H30ClF2N3O2. The molecule has 0 aliphatic carbocycles. The van der Waals surface area contributed by atoms with E-state index in [4.69, 9.17) is 0 Å². The molecule has 8 heteroatoms. The average molecular weight is 418 g/mol. The number of amides is 1. The van der Waals surface area contributed by atoms with Gasteiger partial charge >= 0.3 is 6.61 Å². The number of carbonyl (C=O) groups is 1. The van der Waals surface area contributed by atoms with E-state index >= 15 is 0 Å². The van der Waals surface area contributed by atoms with Crippen molar-refractivity contribution in [3.05, 3.63) is 24.3 Å². The summed E-state index contributed by atoms with van der Waals surface area (Å²) in [6.45, 7) is 0.821. The van der Waals surface area contributed by atoms with Gasteiger partial charge in [0.05, 0.1) is 6.04 Å². The molecule has 1 atom stereocenters. The summed E-state index contributed by atoms with van der Waals surface area (Å²) in [6.07, 6.45) is 5.33. The van der Waals surface area contributed by atoms with E-state index in [1.54, 1.807) is 17.0 Å². The van der Waals surface area contributed by atoms with Crippen LogP contribution in [-0.4, -0.2) is 56.7 Å². The van der Waals surface area contributed by atoms with Gasteiger partial charge in [-0.1, -0.05) is 0 Å². The Bertz CT molecular complexity index is 610. The number of ether oxygens (including phenoxy) is 1. The second-order valence-electron chi connectivity index (χ2n) is 7.39. The van der Waals surface area contributed by atoms with Crippen LogP contribution in [0.2, 0.25) is 0 Å². The minimum Gasteiger partial charge on any atom is -0.435 e. The lowest BCUT2D eigenvalue weighted by Crippen LogP contribution is -2.54. The molecule has 0 spiro atoms. The molecule has 1 amide bonds. The van der Waals surface area contributed by atoms with Crippen molar-refractivity contribution in [3.63, 3.8) is 0 Å². The SMILES string of the molecule is CNCCC1CCN(C2CCCN(c3ccc(OC(F)F)cc3)C2=O)CC1.Cl. The number of benzene rings is 1. The number of nitrogens with one attached hydrogen (secondary N) is 1. The fraction of sp³-hybridized carbons (Fsp3) is 0.650. The van der Waals surface area contributed by atoms with Gasteiger partial charge in [-0.25, -0.2) is 0 Å². The molecule has 2 aliphatic heterocycles. The first-order chi connectivity index (χ1) is 13.1. The minimum atomic E-state index is -2.84. The van der Waals surface area contributed by atoms with Gasteiger partial charge in [-0.05, 0) is 89.0 Å². The third kappa shape index (κ3) is 5.78. The first kappa shape index (κ1) is 22.8. The van der Waals surface area contributed by atoms with E-state index in [1.807, 2.05) is 7.05 Å². The van der Waals surface area contributed by atoms with Crippen LogP contribution in [0, 0.1) is 5.92 Å². The van der Waals surface area contributed by atoms with Crippen LogP contribution < -0.4 is 15.0 Å². The second-order valence-corrected chi connectivity index (χ2v) is 7.39. The Kier molecular flexibility index (Phi) is 8.92. The van der Waals surface area contributed by atoms with Gasteiger partial charge in [0.25, 0.3) is 0 Å². The van der Waals surface area contributed by atoms with Gasteiger partial charge < -0.3 is 15.0 Å². The summed E-state index contributed by atoms with van der Waals surface area (Å²) in [5.41, 5.74) is 0.746. The lowest BCUT2D eigenvalue weighted by atomic mass is 9.91. The van der Waals surface area contributed by atoms with Crippen LogP contribution in [0.3, 0.4) is 0 Å². The van der Waals surface area contributed by atoms with Crippen molar-refractivity contribution in [1.29, 1.82) is 0 Å². The summed E-state index contributed by atoms with van der Waals surface area (Å²) in [7, 11) is 1.98. The highest BCUT2D eigenvalue weighted by molar-refractivity contribution is 5.98. The predicted molar refractivity (Wildman–Crippen MR) is 109 cm³/mol. The average Bonchev–Trinajstić information content (AvgIpc) is 2.67. The molecule has 0 radical (unpaired) electrons. The van der Waals surface area contributed by atoms with Gasteiger partial charge in [0.1, 0.15) is 5.75 Å². The van der Waals surface area contributed by atoms with Gasteiger partial charge in [0.15, 0.2) is 0 Å². The molecule has 1 N–H and O–H groups in total. The Labute approximate surface area is 171 Å². The molecule has 0 saturated carbocycles. The van der Waals surface area contributed by atoms with Crippen molar-refractivity contribution in [2.24, 2.45) is 5.92 Å². The van der Waals surface area contributed by atoms with Crippen molar-refractivity contribution in [2.75, 3.05) is 38.1 Å². The van der Waals surface area contributed by atoms with E-state index in [2.05, 4.69) is 15.0 Å². The monoisotopic (exact) mass is 417 g/mol. The normalized spacial score (nSPS) is 21.6. The summed E-state index contributed by atoms with van der Waals surface area (Å²) in [5.74, 6) is 0.974. The lowest BCUT2D eigenvalue weighted by Gasteiger charge is -2.41. The fourth-order valence-corrected chi connectivity index (χ4v) is 4.16. The Hall–Kier alpha value is -1.44. The molecule has 0 aromatic heterocycles. The Balaban J connectivity index is 0.00000280. The highest BCUT2D eigenvalue weighted by Gasteiger charge is 2.35. The van der Waals surface area contributed by atoms with Crippen LogP contribution in [0.5, 0.6) is 5.75 Å². The quantitative estimate of drug-likeness (QED) is 0.737. The molecule has 3 rings (SSSR count). The van der Waals surface area contributed by atoms with E-state index in [9.17, 15) is 13.6 Å². The third-order valence-corrected chi connectivity index (χ3v) is 5.68. The maximum atomic E-state index is 13.1. The third-order valence-electron chi connectivity index (χ3n) is 5.68. The summed E-state index contributed by atoms with van der Waals surface area (Å²) >= 11 is 0. The van der Waals surface area contributed by atoms with Crippen molar-refractivity contribution >= 4 is 24.0 Å². The number of hydrogen-bond acceptors (Lipinski definition) is 4. The van der Waals surface area contributed by atoms with E-state index in [-0.39, 0.29) is 30.1 Å². The summed E-state index contributed by atoms with van der Waals surface area (Å²) in [5, 5.41) is 3.21. The number of hydrogen-bond donors (Lipinski definition) is 1. The second kappa shape index (κ2) is 10.9. The van der Waals surface area contributed by atoms with Crippen LogP contribution in [0.15, 0.2) is 24.3 Å². The molecule has 2 fully saturated rings. The number of anilines is 1. The number of likely N-dealkylation sites (tertiary alicyclic amines) is 1. The van der Waals surface area contributed by atoms with Gasteiger partial charge in [-0.15, -0.1) is 12.4 Å². The molecule has 28 heavy (non-hydrogen) atoms. The molecule has 1 aromatic carbocycles. The highest BCUT2D eigenvalue weighted by Crippen LogP contribution is 2.29. The van der Waals surface area contributed by atoms with Crippen LogP contribution in [0.4, 0.5) is 14.5 Å². The van der Waals surface area contributed by atoms with Crippen molar-refractivity contribution in [1.82, 2.24) is 10.2 Å². The Morgan fingerprint density at radius 1 is 1.14 bits per heavy atom. The smallest absolute Gasteiger partial charge is 0.387 e. The van der Waals surface area contributed by atoms with Crippen LogP contribution in [0.1, 0.15) is 32.1 Å². The number of rotatable bonds is 7. The molecule has 2 aliphatic rings. The van der Waals surface area contributed by atoms with Crippen LogP contribution in [0.25, 0.3) is 0 Å². The zero-order chi connectivity index (χ0) is 19.2. The highest BCUT2D eigenvalue weighted by atomic mass is 35.5. The zero-order valence-electron chi connectivity index (χ0n) is 16.3. The number of nitrogens with zero attached hydrogens (tertiary/aromatic N) is 2. The molecule has 2 heterocycles. The van der Waals surface area contributed by atoms with Gasteiger partial charge in [0, 0.05) is 12.2 Å². The van der Waals surface area contributed by atoms with Crippen molar-refractivity contribution < 1.29 is 18.3 Å². The molecule has 1 aromatic rings.